The number of carbonyl (C=O) groups is 1. The van der Waals surface area contributed by atoms with Gasteiger partial charge >= 0.3 is 0 Å². The van der Waals surface area contributed by atoms with Crippen molar-refractivity contribution in [3.63, 3.8) is 0 Å². The summed E-state index contributed by atoms with van der Waals surface area (Å²) in [6, 6.07) is 7.22. The first kappa shape index (κ1) is 14.0. The molecule has 1 amide bonds. The van der Waals surface area contributed by atoms with Gasteiger partial charge in [0.15, 0.2) is 5.15 Å². The molecule has 1 aromatic carbocycles. The second-order valence-electron chi connectivity index (χ2n) is 4.21. The van der Waals surface area contributed by atoms with E-state index in [4.69, 9.17) is 11.6 Å². The van der Waals surface area contributed by atoms with E-state index in [9.17, 15) is 4.79 Å². The van der Waals surface area contributed by atoms with E-state index in [0.717, 1.165) is 15.6 Å². The summed E-state index contributed by atoms with van der Waals surface area (Å²) < 4.78 is 0.972. The lowest BCUT2D eigenvalue weighted by Gasteiger charge is -2.10. The number of amides is 1. The van der Waals surface area contributed by atoms with Gasteiger partial charge in [0, 0.05) is 16.2 Å². The first-order chi connectivity index (χ1) is 8.99. The summed E-state index contributed by atoms with van der Waals surface area (Å²) in [7, 11) is 0. The number of rotatable bonds is 2. The van der Waals surface area contributed by atoms with E-state index in [1.807, 2.05) is 26.0 Å². The average molecular weight is 340 g/mol. The fourth-order valence-corrected chi connectivity index (χ4v) is 2.15. The molecule has 5 heteroatoms. The fraction of sp³-hybridized carbons (Fsp3) is 0.143. The van der Waals surface area contributed by atoms with Crippen molar-refractivity contribution in [2.45, 2.75) is 13.8 Å². The van der Waals surface area contributed by atoms with Crippen LogP contribution in [-0.4, -0.2) is 10.9 Å². The second-order valence-corrected chi connectivity index (χ2v) is 5.42. The molecular formula is C14H12BrClN2O. The molecule has 98 valence electrons. The van der Waals surface area contributed by atoms with Crippen LogP contribution >= 0.6 is 27.5 Å². The molecule has 2 aromatic rings. The molecule has 0 fully saturated rings. The zero-order chi connectivity index (χ0) is 14.0. The van der Waals surface area contributed by atoms with Gasteiger partial charge in [-0.3, -0.25) is 4.79 Å². The number of aromatic nitrogens is 1. The standard InChI is InChI=1S/C14H12BrClN2O/c1-8-5-6-17-13(16)12(8)18-14(19)10-3-4-11(15)9(2)7-10/h3-7H,1-2H3,(H,18,19). The van der Waals surface area contributed by atoms with Crippen LogP contribution in [0.3, 0.4) is 0 Å². The van der Waals surface area contributed by atoms with Crippen molar-refractivity contribution in [2.75, 3.05) is 5.32 Å². The molecule has 1 heterocycles. The van der Waals surface area contributed by atoms with Crippen LogP contribution in [0.15, 0.2) is 34.9 Å². The zero-order valence-corrected chi connectivity index (χ0v) is 12.8. The van der Waals surface area contributed by atoms with Crippen LogP contribution < -0.4 is 5.32 Å². The number of benzene rings is 1. The van der Waals surface area contributed by atoms with E-state index < -0.39 is 0 Å². The van der Waals surface area contributed by atoms with Crippen molar-refractivity contribution < 1.29 is 4.79 Å². The van der Waals surface area contributed by atoms with Crippen LogP contribution in [0.5, 0.6) is 0 Å². The maximum Gasteiger partial charge on any atom is 0.255 e. The first-order valence-electron chi connectivity index (χ1n) is 5.67. The topological polar surface area (TPSA) is 42.0 Å². The Balaban J connectivity index is 2.28. The molecular weight excluding hydrogens is 328 g/mol. The van der Waals surface area contributed by atoms with Gasteiger partial charge in [0.2, 0.25) is 0 Å². The van der Waals surface area contributed by atoms with Gasteiger partial charge in [-0.25, -0.2) is 4.98 Å². The molecule has 0 aliphatic heterocycles. The number of halogens is 2. The summed E-state index contributed by atoms with van der Waals surface area (Å²) >= 11 is 9.39. The van der Waals surface area contributed by atoms with Gasteiger partial charge in [0.1, 0.15) is 0 Å². The van der Waals surface area contributed by atoms with E-state index in [1.54, 1.807) is 18.3 Å². The minimum atomic E-state index is -0.200. The lowest BCUT2D eigenvalue weighted by molar-refractivity contribution is 0.102. The third kappa shape index (κ3) is 3.14. The maximum absolute atomic E-state index is 12.2. The summed E-state index contributed by atoms with van der Waals surface area (Å²) in [4.78, 5) is 16.1. The third-order valence-electron chi connectivity index (χ3n) is 2.77. The molecule has 0 aliphatic carbocycles. The highest BCUT2D eigenvalue weighted by atomic mass is 79.9. The lowest BCUT2D eigenvalue weighted by Crippen LogP contribution is -2.13. The highest BCUT2D eigenvalue weighted by Gasteiger charge is 2.11. The molecule has 0 atom stereocenters. The number of aryl methyl sites for hydroxylation is 2. The minimum Gasteiger partial charge on any atom is -0.319 e. The second kappa shape index (κ2) is 5.72. The van der Waals surface area contributed by atoms with Crippen LogP contribution in [0.1, 0.15) is 21.5 Å². The molecule has 0 aliphatic rings. The van der Waals surface area contributed by atoms with Crippen molar-refractivity contribution >= 4 is 39.1 Å². The normalized spacial score (nSPS) is 10.3. The molecule has 0 bridgehead atoms. The van der Waals surface area contributed by atoms with Gasteiger partial charge < -0.3 is 5.32 Å². The number of pyridine rings is 1. The molecule has 3 nitrogen and oxygen atoms in total. The Labute approximate surface area is 125 Å². The summed E-state index contributed by atoms with van der Waals surface area (Å²) in [5.74, 6) is -0.200. The number of nitrogens with zero attached hydrogens (tertiary/aromatic N) is 1. The highest BCUT2D eigenvalue weighted by Crippen LogP contribution is 2.24. The van der Waals surface area contributed by atoms with Gasteiger partial charge in [-0.05, 0) is 49.2 Å². The van der Waals surface area contributed by atoms with Gasteiger partial charge in [0.25, 0.3) is 5.91 Å². The number of hydrogen-bond donors (Lipinski definition) is 1. The van der Waals surface area contributed by atoms with E-state index in [-0.39, 0.29) is 5.91 Å². The predicted molar refractivity (Wildman–Crippen MR) is 80.8 cm³/mol. The Morgan fingerprint density at radius 1 is 1.26 bits per heavy atom. The quantitative estimate of drug-likeness (QED) is 0.826. The Bertz CT molecular complexity index is 623. The summed E-state index contributed by atoms with van der Waals surface area (Å²) in [5, 5.41) is 3.09. The van der Waals surface area contributed by atoms with Crippen molar-refractivity contribution in [3.8, 4) is 0 Å². The largest absolute Gasteiger partial charge is 0.319 e. The van der Waals surface area contributed by atoms with Crippen molar-refractivity contribution in [2.24, 2.45) is 0 Å². The zero-order valence-electron chi connectivity index (χ0n) is 10.5. The number of nitrogens with one attached hydrogen (secondary N) is 1. The summed E-state index contributed by atoms with van der Waals surface area (Å²) in [6.45, 7) is 3.80. The molecule has 0 saturated carbocycles. The van der Waals surface area contributed by atoms with Crippen LogP contribution in [0.4, 0.5) is 5.69 Å². The summed E-state index contributed by atoms with van der Waals surface area (Å²) in [6.07, 6.45) is 1.61. The molecule has 19 heavy (non-hydrogen) atoms. The number of carbonyl (C=O) groups excluding carboxylic acids is 1. The van der Waals surface area contributed by atoms with Crippen LogP contribution in [-0.2, 0) is 0 Å². The van der Waals surface area contributed by atoms with Gasteiger partial charge in [-0.15, -0.1) is 0 Å². The van der Waals surface area contributed by atoms with Crippen LogP contribution in [0.25, 0.3) is 0 Å². The smallest absolute Gasteiger partial charge is 0.255 e. The third-order valence-corrected chi connectivity index (χ3v) is 3.95. The van der Waals surface area contributed by atoms with Gasteiger partial charge in [-0.2, -0.15) is 0 Å². The van der Waals surface area contributed by atoms with Crippen molar-refractivity contribution in [1.29, 1.82) is 0 Å². The van der Waals surface area contributed by atoms with E-state index in [2.05, 4.69) is 26.2 Å². The number of anilines is 1. The molecule has 1 N–H and O–H groups in total. The van der Waals surface area contributed by atoms with E-state index in [1.165, 1.54) is 0 Å². The maximum atomic E-state index is 12.2. The van der Waals surface area contributed by atoms with E-state index >= 15 is 0 Å². The Kier molecular flexibility index (Phi) is 4.22. The monoisotopic (exact) mass is 338 g/mol. The van der Waals surface area contributed by atoms with E-state index in [0.29, 0.717) is 16.4 Å². The lowest BCUT2D eigenvalue weighted by atomic mass is 10.1. The molecule has 0 spiro atoms. The highest BCUT2D eigenvalue weighted by molar-refractivity contribution is 9.10. The molecule has 0 unspecified atom stereocenters. The fourth-order valence-electron chi connectivity index (χ4n) is 1.65. The van der Waals surface area contributed by atoms with Crippen LogP contribution in [0, 0.1) is 13.8 Å². The molecule has 1 aromatic heterocycles. The number of hydrogen-bond acceptors (Lipinski definition) is 2. The van der Waals surface area contributed by atoms with Gasteiger partial charge in [-0.1, -0.05) is 27.5 Å². The van der Waals surface area contributed by atoms with Crippen molar-refractivity contribution in [3.05, 3.63) is 56.8 Å². The van der Waals surface area contributed by atoms with Crippen molar-refractivity contribution in [1.82, 2.24) is 4.98 Å². The predicted octanol–water partition coefficient (Wildman–Crippen LogP) is 4.37. The SMILES string of the molecule is Cc1cc(C(=O)Nc2c(C)ccnc2Cl)ccc1Br. The minimum absolute atomic E-state index is 0.200. The summed E-state index contributed by atoms with van der Waals surface area (Å²) in [5.41, 5.74) is 3.01. The molecule has 0 saturated heterocycles. The van der Waals surface area contributed by atoms with Crippen LogP contribution in [0.2, 0.25) is 5.15 Å². The van der Waals surface area contributed by atoms with Gasteiger partial charge in [0.05, 0.1) is 5.69 Å². The Hall–Kier alpha value is -1.39. The Morgan fingerprint density at radius 2 is 2.00 bits per heavy atom. The molecule has 2 rings (SSSR count). The average Bonchev–Trinajstić information content (AvgIpc) is 2.37. The first-order valence-corrected chi connectivity index (χ1v) is 6.84. The molecule has 0 radical (unpaired) electrons. The Morgan fingerprint density at radius 3 is 2.63 bits per heavy atom.